The summed E-state index contributed by atoms with van der Waals surface area (Å²) >= 11 is 2.21. The van der Waals surface area contributed by atoms with Crippen LogP contribution in [-0.4, -0.2) is 4.98 Å². The van der Waals surface area contributed by atoms with Crippen molar-refractivity contribution in [3.63, 3.8) is 0 Å². The van der Waals surface area contributed by atoms with Crippen molar-refractivity contribution in [1.82, 2.24) is 4.98 Å². The molecule has 1 aliphatic rings. The van der Waals surface area contributed by atoms with E-state index in [1.807, 2.05) is 0 Å². The van der Waals surface area contributed by atoms with Crippen LogP contribution in [0.5, 0.6) is 0 Å². The SMILES string of the molecule is Ic1ncoc1C1CC1. The highest BCUT2D eigenvalue weighted by Gasteiger charge is 2.29. The molecule has 1 aromatic rings. The first-order chi connectivity index (χ1) is 4.38. The van der Waals surface area contributed by atoms with Crippen molar-refractivity contribution in [1.29, 1.82) is 0 Å². The summed E-state index contributed by atoms with van der Waals surface area (Å²) in [6, 6.07) is 0. The molecular weight excluding hydrogens is 229 g/mol. The Kier molecular flexibility index (Phi) is 1.25. The minimum absolute atomic E-state index is 0.694. The van der Waals surface area contributed by atoms with Crippen LogP contribution in [0.25, 0.3) is 0 Å². The molecular formula is C6H6INO. The van der Waals surface area contributed by atoms with Crippen LogP contribution >= 0.6 is 22.6 Å². The molecule has 3 heteroatoms. The first-order valence-electron chi connectivity index (χ1n) is 2.97. The fourth-order valence-electron chi connectivity index (χ4n) is 0.852. The fourth-order valence-corrected chi connectivity index (χ4v) is 1.53. The van der Waals surface area contributed by atoms with E-state index in [9.17, 15) is 0 Å². The third kappa shape index (κ3) is 0.976. The Morgan fingerprint density at radius 1 is 1.67 bits per heavy atom. The average Bonchev–Trinajstić information content (AvgIpc) is 2.58. The molecule has 1 heterocycles. The first kappa shape index (κ1) is 5.70. The molecule has 0 bridgehead atoms. The molecule has 0 N–H and O–H groups in total. The summed E-state index contributed by atoms with van der Waals surface area (Å²) in [5.41, 5.74) is 0. The molecule has 0 saturated heterocycles. The van der Waals surface area contributed by atoms with E-state index in [1.54, 1.807) is 0 Å². The normalized spacial score (nSPS) is 18.3. The second-order valence-corrected chi connectivity index (χ2v) is 3.30. The van der Waals surface area contributed by atoms with E-state index in [1.165, 1.54) is 19.2 Å². The number of halogens is 1. The summed E-state index contributed by atoms with van der Waals surface area (Å²) in [4.78, 5) is 4.00. The molecule has 0 amide bonds. The maximum atomic E-state index is 5.17. The molecule has 2 nitrogen and oxygen atoms in total. The smallest absolute Gasteiger partial charge is 0.181 e. The quantitative estimate of drug-likeness (QED) is 0.697. The van der Waals surface area contributed by atoms with E-state index in [-0.39, 0.29) is 0 Å². The van der Waals surface area contributed by atoms with Gasteiger partial charge >= 0.3 is 0 Å². The number of hydrogen-bond donors (Lipinski definition) is 0. The fraction of sp³-hybridized carbons (Fsp3) is 0.500. The molecule has 48 valence electrons. The Balaban J connectivity index is 2.35. The molecule has 0 radical (unpaired) electrons. The second-order valence-electron chi connectivity index (χ2n) is 2.28. The highest BCUT2D eigenvalue weighted by atomic mass is 127. The van der Waals surface area contributed by atoms with Crippen molar-refractivity contribution < 1.29 is 4.42 Å². The van der Waals surface area contributed by atoms with Gasteiger partial charge in [-0.2, -0.15) is 0 Å². The predicted molar refractivity (Wildman–Crippen MR) is 41.2 cm³/mol. The Morgan fingerprint density at radius 2 is 2.44 bits per heavy atom. The van der Waals surface area contributed by atoms with Crippen LogP contribution in [0.15, 0.2) is 10.8 Å². The van der Waals surface area contributed by atoms with E-state index in [4.69, 9.17) is 4.42 Å². The molecule has 0 aliphatic heterocycles. The van der Waals surface area contributed by atoms with Crippen molar-refractivity contribution in [3.05, 3.63) is 15.9 Å². The number of nitrogens with zero attached hydrogens (tertiary/aromatic N) is 1. The zero-order chi connectivity index (χ0) is 6.27. The standard InChI is InChI=1S/C6H6INO/c7-6-5(4-1-2-4)9-3-8-6/h3-4H,1-2H2. The monoisotopic (exact) mass is 235 g/mol. The summed E-state index contributed by atoms with van der Waals surface area (Å²) in [6.45, 7) is 0. The Bertz CT molecular complexity index is 217. The van der Waals surface area contributed by atoms with E-state index in [2.05, 4.69) is 27.6 Å². The predicted octanol–water partition coefficient (Wildman–Crippen LogP) is 2.16. The van der Waals surface area contributed by atoms with Crippen LogP contribution in [0.3, 0.4) is 0 Å². The summed E-state index contributed by atoms with van der Waals surface area (Å²) in [5.74, 6) is 1.79. The maximum Gasteiger partial charge on any atom is 0.181 e. The van der Waals surface area contributed by atoms with Gasteiger partial charge in [-0.1, -0.05) is 0 Å². The van der Waals surface area contributed by atoms with Gasteiger partial charge in [-0.05, 0) is 35.4 Å². The molecule has 0 unspecified atom stereocenters. The highest BCUT2D eigenvalue weighted by Crippen LogP contribution is 2.41. The largest absolute Gasteiger partial charge is 0.447 e. The maximum absolute atomic E-state index is 5.17. The summed E-state index contributed by atoms with van der Waals surface area (Å²) < 4.78 is 6.21. The van der Waals surface area contributed by atoms with Crippen LogP contribution in [0.2, 0.25) is 0 Å². The van der Waals surface area contributed by atoms with Crippen molar-refractivity contribution >= 4 is 22.6 Å². The zero-order valence-corrected chi connectivity index (χ0v) is 6.96. The molecule has 9 heavy (non-hydrogen) atoms. The van der Waals surface area contributed by atoms with Crippen LogP contribution < -0.4 is 0 Å². The first-order valence-corrected chi connectivity index (χ1v) is 4.04. The third-order valence-electron chi connectivity index (χ3n) is 1.50. The molecule has 1 saturated carbocycles. The van der Waals surface area contributed by atoms with Crippen molar-refractivity contribution in [2.45, 2.75) is 18.8 Å². The van der Waals surface area contributed by atoms with Crippen molar-refractivity contribution in [3.8, 4) is 0 Å². The minimum atomic E-state index is 0.694. The lowest BCUT2D eigenvalue weighted by Gasteiger charge is -1.85. The summed E-state index contributed by atoms with van der Waals surface area (Å²) in [5, 5.41) is 0. The van der Waals surface area contributed by atoms with Crippen LogP contribution in [-0.2, 0) is 0 Å². The van der Waals surface area contributed by atoms with Crippen LogP contribution in [0.4, 0.5) is 0 Å². The van der Waals surface area contributed by atoms with Crippen LogP contribution in [0, 0.1) is 3.70 Å². The third-order valence-corrected chi connectivity index (χ3v) is 2.31. The lowest BCUT2D eigenvalue weighted by Crippen LogP contribution is -1.77. The lowest BCUT2D eigenvalue weighted by atomic mass is 10.3. The summed E-state index contributed by atoms with van der Waals surface area (Å²) in [7, 11) is 0. The topological polar surface area (TPSA) is 26.0 Å². The molecule has 0 aromatic carbocycles. The van der Waals surface area contributed by atoms with E-state index < -0.39 is 0 Å². The Hall–Kier alpha value is -0.0600. The van der Waals surface area contributed by atoms with Gasteiger partial charge in [-0.15, -0.1) is 0 Å². The molecule has 1 aliphatic carbocycles. The highest BCUT2D eigenvalue weighted by molar-refractivity contribution is 14.1. The van der Waals surface area contributed by atoms with Crippen molar-refractivity contribution in [2.24, 2.45) is 0 Å². The molecule has 2 rings (SSSR count). The molecule has 1 fully saturated rings. The molecule has 0 atom stereocenters. The second kappa shape index (κ2) is 1.97. The minimum Gasteiger partial charge on any atom is -0.447 e. The van der Waals surface area contributed by atoms with E-state index in [0.29, 0.717) is 5.92 Å². The van der Waals surface area contributed by atoms with E-state index >= 15 is 0 Å². The number of oxazole rings is 1. The van der Waals surface area contributed by atoms with Gasteiger partial charge in [0.25, 0.3) is 0 Å². The summed E-state index contributed by atoms with van der Waals surface area (Å²) in [6.07, 6.45) is 4.09. The number of hydrogen-bond acceptors (Lipinski definition) is 2. The number of rotatable bonds is 1. The Labute approximate surface area is 66.8 Å². The van der Waals surface area contributed by atoms with Gasteiger partial charge in [0.1, 0.15) is 9.46 Å². The lowest BCUT2D eigenvalue weighted by molar-refractivity contribution is 0.504. The van der Waals surface area contributed by atoms with E-state index in [0.717, 1.165) is 9.46 Å². The number of aromatic nitrogens is 1. The average molecular weight is 235 g/mol. The van der Waals surface area contributed by atoms with Gasteiger partial charge in [0.2, 0.25) is 0 Å². The van der Waals surface area contributed by atoms with Crippen LogP contribution in [0.1, 0.15) is 24.5 Å². The van der Waals surface area contributed by atoms with Gasteiger partial charge in [0.15, 0.2) is 6.39 Å². The molecule has 0 spiro atoms. The van der Waals surface area contributed by atoms with Gasteiger partial charge < -0.3 is 4.42 Å². The molecule has 1 aromatic heterocycles. The van der Waals surface area contributed by atoms with Gasteiger partial charge in [-0.3, -0.25) is 0 Å². The van der Waals surface area contributed by atoms with Crippen molar-refractivity contribution in [2.75, 3.05) is 0 Å². The zero-order valence-electron chi connectivity index (χ0n) is 4.80. The van der Waals surface area contributed by atoms with Gasteiger partial charge in [0.05, 0.1) is 0 Å². The van der Waals surface area contributed by atoms with Gasteiger partial charge in [0, 0.05) is 5.92 Å². The van der Waals surface area contributed by atoms with Gasteiger partial charge in [-0.25, -0.2) is 4.98 Å². The Morgan fingerprint density at radius 3 is 2.89 bits per heavy atom.